The van der Waals surface area contributed by atoms with Crippen LogP contribution in [0.5, 0.6) is 0 Å². The van der Waals surface area contributed by atoms with Gasteiger partial charge in [-0.15, -0.1) is 0 Å². The van der Waals surface area contributed by atoms with Gasteiger partial charge in [0.25, 0.3) is 0 Å². The minimum absolute atomic E-state index is 0.258. The Morgan fingerprint density at radius 3 is 2.85 bits per heavy atom. The number of rotatable bonds is 4. The van der Waals surface area contributed by atoms with Crippen LogP contribution in [0.25, 0.3) is 0 Å². The fourth-order valence-electron chi connectivity index (χ4n) is 2.71. The zero-order valence-corrected chi connectivity index (χ0v) is 12.3. The van der Waals surface area contributed by atoms with Crippen LogP contribution >= 0.6 is 0 Å². The normalized spacial score (nSPS) is 16.8. The molecule has 2 aromatic rings. The van der Waals surface area contributed by atoms with Gasteiger partial charge in [0.15, 0.2) is 0 Å². The Bertz CT molecular complexity index is 604. The maximum Gasteiger partial charge on any atom is 0.133 e. The van der Waals surface area contributed by atoms with Gasteiger partial charge in [-0.2, -0.15) is 5.10 Å². The molecule has 0 aliphatic heterocycles. The van der Waals surface area contributed by atoms with E-state index in [0.717, 1.165) is 18.7 Å². The molecule has 2 heterocycles. The lowest BCUT2D eigenvalue weighted by Crippen LogP contribution is -2.28. The molecule has 0 unspecified atom stereocenters. The van der Waals surface area contributed by atoms with Crippen molar-refractivity contribution in [1.29, 1.82) is 0 Å². The molecule has 2 aromatic heterocycles. The van der Waals surface area contributed by atoms with E-state index in [1.54, 1.807) is 6.33 Å². The van der Waals surface area contributed by atoms with Gasteiger partial charge in [-0.3, -0.25) is 4.68 Å². The molecule has 0 saturated heterocycles. The second-order valence-electron chi connectivity index (χ2n) is 5.67. The summed E-state index contributed by atoms with van der Waals surface area (Å²) in [6.07, 6.45) is 8.99. The number of aryl methyl sites for hydroxylation is 2. The first-order valence-electron chi connectivity index (χ1n) is 7.25. The molecule has 2 atom stereocenters. The molecule has 1 N–H and O–H groups in total. The molecule has 106 valence electrons. The highest BCUT2D eigenvalue weighted by atomic mass is 15.3. The van der Waals surface area contributed by atoms with Crippen LogP contribution in [0.3, 0.4) is 0 Å². The molecule has 3 rings (SSSR count). The van der Waals surface area contributed by atoms with Crippen LogP contribution < -0.4 is 5.32 Å². The van der Waals surface area contributed by atoms with E-state index in [9.17, 15) is 0 Å². The highest BCUT2D eigenvalue weighted by Crippen LogP contribution is 2.26. The Labute approximate surface area is 119 Å². The van der Waals surface area contributed by atoms with Crippen LogP contribution in [0.15, 0.2) is 18.7 Å². The van der Waals surface area contributed by atoms with Crippen LogP contribution in [-0.4, -0.2) is 25.8 Å². The van der Waals surface area contributed by atoms with E-state index < -0.39 is 0 Å². The third-order valence-electron chi connectivity index (χ3n) is 4.11. The molecule has 1 aliphatic rings. The third-order valence-corrected chi connectivity index (χ3v) is 4.11. The molecule has 1 aliphatic carbocycles. The Morgan fingerprint density at radius 2 is 2.10 bits per heavy atom. The van der Waals surface area contributed by atoms with Crippen molar-refractivity contribution in [3.63, 3.8) is 0 Å². The topological polar surface area (TPSA) is 55.6 Å². The Balaban J connectivity index is 1.76. The van der Waals surface area contributed by atoms with Crippen molar-refractivity contribution in [3.05, 3.63) is 35.5 Å². The predicted octanol–water partition coefficient (Wildman–Crippen LogP) is 2.53. The summed E-state index contributed by atoms with van der Waals surface area (Å²) in [6.45, 7) is 6.41. The Morgan fingerprint density at radius 1 is 1.25 bits per heavy atom. The van der Waals surface area contributed by atoms with Crippen molar-refractivity contribution >= 4 is 5.82 Å². The van der Waals surface area contributed by atoms with Gasteiger partial charge in [0, 0.05) is 23.5 Å². The number of fused-ring (bicyclic) bond motifs is 1. The number of aromatic nitrogens is 4. The molecule has 5 nitrogen and oxygen atoms in total. The SMILES string of the molecule is Cc1cnn([C@H](C)[C@@H](C)Nc2ncnc3c2CCC3)c1. The molecular weight excluding hydrogens is 250 g/mol. The van der Waals surface area contributed by atoms with Crippen LogP contribution in [0.4, 0.5) is 5.82 Å². The molecule has 0 radical (unpaired) electrons. The Hall–Kier alpha value is -1.91. The van der Waals surface area contributed by atoms with Gasteiger partial charge in [-0.1, -0.05) is 0 Å². The van der Waals surface area contributed by atoms with E-state index in [-0.39, 0.29) is 12.1 Å². The summed E-state index contributed by atoms with van der Waals surface area (Å²) in [6, 6.07) is 0.532. The van der Waals surface area contributed by atoms with Crippen LogP contribution in [0, 0.1) is 6.92 Å². The summed E-state index contributed by atoms with van der Waals surface area (Å²) in [5.74, 6) is 0.996. The molecule has 5 heteroatoms. The van der Waals surface area contributed by atoms with Crippen molar-refractivity contribution in [2.75, 3.05) is 5.32 Å². The first-order valence-corrected chi connectivity index (χ1v) is 7.25. The predicted molar refractivity (Wildman–Crippen MR) is 78.8 cm³/mol. The Kier molecular flexibility index (Phi) is 3.42. The summed E-state index contributed by atoms with van der Waals surface area (Å²) < 4.78 is 2.01. The van der Waals surface area contributed by atoms with Gasteiger partial charge < -0.3 is 5.32 Å². The van der Waals surface area contributed by atoms with Gasteiger partial charge >= 0.3 is 0 Å². The second kappa shape index (κ2) is 5.23. The average Bonchev–Trinajstić information content (AvgIpc) is 3.06. The van der Waals surface area contributed by atoms with Gasteiger partial charge in [0.05, 0.1) is 12.2 Å². The molecular formula is C15H21N5. The van der Waals surface area contributed by atoms with E-state index in [0.29, 0.717) is 0 Å². The second-order valence-corrected chi connectivity index (χ2v) is 5.67. The molecule has 0 saturated carbocycles. The summed E-state index contributed by atoms with van der Waals surface area (Å²) in [7, 11) is 0. The number of anilines is 1. The maximum absolute atomic E-state index is 4.42. The third kappa shape index (κ3) is 2.40. The zero-order valence-electron chi connectivity index (χ0n) is 12.3. The molecule has 0 spiro atoms. The molecule has 0 amide bonds. The van der Waals surface area contributed by atoms with Crippen LogP contribution in [0.1, 0.15) is 43.1 Å². The standard InChI is InChI=1S/C15H21N5/c1-10-7-18-20(8-10)12(3)11(2)19-15-13-5-4-6-14(13)16-9-17-15/h7-9,11-12H,4-6H2,1-3H3,(H,16,17,19)/t11-,12-/m1/s1. The van der Waals surface area contributed by atoms with Crippen molar-refractivity contribution < 1.29 is 0 Å². The van der Waals surface area contributed by atoms with E-state index >= 15 is 0 Å². The average molecular weight is 271 g/mol. The minimum Gasteiger partial charge on any atom is -0.365 e. The largest absolute Gasteiger partial charge is 0.365 e. The van der Waals surface area contributed by atoms with Crippen molar-refractivity contribution in [3.8, 4) is 0 Å². The van der Waals surface area contributed by atoms with Gasteiger partial charge in [0.1, 0.15) is 12.1 Å². The lowest BCUT2D eigenvalue weighted by Gasteiger charge is -2.23. The molecule has 0 fully saturated rings. The summed E-state index contributed by atoms with van der Waals surface area (Å²) in [4.78, 5) is 8.78. The highest BCUT2D eigenvalue weighted by molar-refractivity contribution is 5.48. The lowest BCUT2D eigenvalue weighted by molar-refractivity contribution is 0.442. The lowest BCUT2D eigenvalue weighted by atomic mass is 10.1. The van der Waals surface area contributed by atoms with Crippen molar-refractivity contribution in [1.82, 2.24) is 19.7 Å². The van der Waals surface area contributed by atoms with E-state index in [2.05, 4.69) is 47.4 Å². The van der Waals surface area contributed by atoms with Gasteiger partial charge in [-0.05, 0) is 45.6 Å². The van der Waals surface area contributed by atoms with E-state index in [4.69, 9.17) is 0 Å². The first kappa shape index (κ1) is 13.1. The molecule has 0 aromatic carbocycles. The number of nitrogens with one attached hydrogen (secondary N) is 1. The minimum atomic E-state index is 0.258. The monoisotopic (exact) mass is 271 g/mol. The summed E-state index contributed by atoms with van der Waals surface area (Å²) >= 11 is 0. The fourth-order valence-corrected chi connectivity index (χ4v) is 2.71. The van der Waals surface area contributed by atoms with E-state index in [1.807, 2.05) is 10.9 Å². The van der Waals surface area contributed by atoms with Crippen molar-refractivity contribution in [2.24, 2.45) is 0 Å². The zero-order chi connectivity index (χ0) is 14.1. The fraction of sp³-hybridized carbons (Fsp3) is 0.533. The summed E-state index contributed by atoms with van der Waals surface area (Å²) in [5, 5.41) is 7.93. The quantitative estimate of drug-likeness (QED) is 0.928. The molecule has 0 bridgehead atoms. The number of hydrogen-bond acceptors (Lipinski definition) is 4. The summed E-state index contributed by atoms with van der Waals surface area (Å²) in [5.41, 5.74) is 3.69. The number of hydrogen-bond donors (Lipinski definition) is 1. The van der Waals surface area contributed by atoms with Crippen LogP contribution in [-0.2, 0) is 12.8 Å². The highest BCUT2D eigenvalue weighted by Gasteiger charge is 2.20. The van der Waals surface area contributed by atoms with Crippen molar-refractivity contribution in [2.45, 2.75) is 52.1 Å². The smallest absolute Gasteiger partial charge is 0.133 e. The molecule has 20 heavy (non-hydrogen) atoms. The van der Waals surface area contributed by atoms with Gasteiger partial charge in [-0.25, -0.2) is 9.97 Å². The van der Waals surface area contributed by atoms with Gasteiger partial charge in [0.2, 0.25) is 0 Å². The number of nitrogens with zero attached hydrogens (tertiary/aromatic N) is 4. The first-order chi connectivity index (χ1) is 9.65. The van der Waals surface area contributed by atoms with E-state index in [1.165, 1.54) is 23.2 Å². The maximum atomic E-state index is 4.42. The van der Waals surface area contributed by atoms with Crippen LogP contribution in [0.2, 0.25) is 0 Å².